The molecule has 1 aromatic carbocycles. The normalized spacial score (nSPS) is 13.9. The molecule has 19 heavy (non-hydrogen) atoms. The number of rotatable bonds is 7. The predicted octanol–water partition coefficient (Wildman–Crippen LogP) is 2.98. The van der Waals surface area contributed by atoms with Crippen molar-refractivity contribution in [2.75, 3.05) is 13.6 Å². The fourth-order valence-corrected chi connectivity index (χ4v) is 2.18. The van der Waals surface area contributed by atoms with Gasteiger partial charge in [0.25, 0.3) is 0 Å². The maximum absolute atomic E-state index is 12.1. The lowest BCUT2D eigenvalue weighted by molar-refractivity contribution is -0.131. The molecule has 1 rings (SSSR count). The van der Waals surface area contributed by atoms with Crippen LogP contribution in [-0.2, 0) is 4.79 Å². The Morgan fingerprint density at radius 3 is 2.42 bits per heavy atom. The zero-order chi connectivity index (χ0) is 14.3. The van der Waals surface area contributed by atoms with E-state index in [2.05, 4.69) is 24.4 Å². The van der Waals surface area contributed by atoms with Gasteiger partial charge in [-0.3, -0.25) is 10.1 Å². The molecule has 0 heterocycles. The van der Waals surface area contributed by atoms with Gasteiger partial charge in [0.1, 0.15) is 0 Å². The number of benzene rings is 1. The van der Waals surface area contributed by atoms with Crippen LogP contribution in [0.5, 0.6) is 0 Å². The molecule has 0 aliphatic heterocycles. The first kappa shape index (κ1) is 15.7. The SMILES string of the molecule is CCCC(NC(C)C(=O)N(C)CC)c1ccccc1. The van der Waals surface area contributed by atoms with E-state index in [4.69, 9.17) is 0 Å². The van der Waals surface area contributed by atoms with Crippen LogP contribution < -0.4 is 5.32 Å². The Hall–Kier alpha value is -1.35. The summed E-state index contributed by atoms with van der Waals surface area (Å²) >= 11 is 0. The van der Waals surface area contributed by atoms with Gasteiger partial charge >= 0.3 is 0 Å². The zero-order valence-electron chi connectivity index (χ0n) is 12.5. The van der Waals surface area contributed by atoms with Crippen LogP contribution >= 0.6 is 0 Å². The molecule has 0 spiro atoms. The van der Waals surface area contributed by atoms with Crippen LogP contribution in [0.25, 0.3) is 0 Å². The Morgan fingerprint density at radius 2 is 1.89 bits per heavy atom. The van der Waals surface area contributed by atoms with Crippen LogP contribution in [0, 0.1) is 0 Å². The predicted molar refractivity (Wildman–Crippen MR) is 80.0 cm³/mol. The number of carbonyl (C=O) groups excluding carboxylic acids is 1. The highest BCUT2D eigenvalue weighted by atomic mass is 16.2. The van der Waals surface area contributed by atoms with Crippen molar-refractivity contribution in [3.05, 3.63) is 35.9 Å². The van der Waals surface area contributed by atoms with Crippen LogP contribution in [0.15, 0.2) is 30.3 Å². The molecule has 3 nitrogen and oxygen atoms in total. The van der Waals surface area contributed by atoms with Crippen molar-refractivity contribution in [1.82, 2.24) is 10.2 Å². The summed E-state index contributed by atoms with van der Waals surface area (Å²) in [5.74, 6) is 0.152. The molecule has 2 unspecified atom stereocenters. The smallest absolute Gasteiger partial charge is 0.239 e. The minimum atomic E-state index is -0.151. The molecule has 0 saturated heterocycles. The molecule has 0 aliphatic carbocycles. The number of nitrogens with zero attached hydrogens (tertiary/aromatic N) is 1. The average Bonchev–Trinajstić information content (AvgIpc) is 2.46. The van der Waals surface area contributed by atoms with Gasteiger partial charge in [-0.25, -0.2) is 0 Å². The number of amides is 1. The van der Waals surface area contributed by atoms with Gasteiger partial charge in [-0.1, -0.05) is 43.7 Å². The molecular weight excluding hydrogens is 236 g/mol. The second kappa shape index (κ2) is 7.95. The third kappa shape index (κ3) is 4.67. The first-order valence-corrected chi connectivity index (χ1v) is 7.16. The second-order valence-corrected chi connectivity index (χ2v) is 4.99. The highest BCUT2D eigenvalue weighted by Gasteiger charge is 2.20. The summed E-state index contributed by atoms with van der Waals surface area (Å²) in [6.07, 6.45) is 2.13. The van der Waals surface area contributed by atoms with E-state index in [9.17, 15) is 4.79 Å². The minimum Gasteiger partial charge on any atom is -0.345 e. The number of carbonyl (C=O) groups is 1. The first-order chi connectivity index (χ1) is 9.10. The molecule has 1 N–H and O–H groups in total. The number of likely N-dealkylation sites (N-methyl/N-ethyl adjacent to an activating group) is 1. The summed E-state index contributed by atoms with van der Waals surface area (Å²) < 4.78 is 0. The van der Waals surface area contributed by atoms with E-state index in [0.29, 0.717) is 0 Å². The lowest BCUT2D eigenvalue weighted by Crippen LogP contribution is -2.44. The minimum absolute atomic E-state index is 0.151. The van der Waals surface area contributed by atoms with Crippen LogP contribution in [0.3, 0.4) is 0 Å². The number of hydrogen-bond donors (Lipinski definition) is 1. The fraction of sp³-hybridized carbons (Fsp3) is 0.562. The second-order valence-electron chi connectivity index (χ2n) is 4.99. The average molecular weight is 262 g/mol. The first-order valence-electron chi connectivity index (χ1n) is 7.16. The van der Waals surface area contributed by atoms with Crippen LogP contribution in [0.1, 0.15) is 45.2 Å². The van der Waals surface area contributed by atoms with Crippen molar-refractivity contribution in [3.63, 3.8) is 0 Å². The molecule has 0 aliphatic rings. The van der Waals surface area contributed by atoms with Gasteiger partial charge in [-0.2, -0.15) is 0 Å². The fourth-order valence-electron chi connectivity index (χ4n) is 2.18. The molecule has 0 fully saturated rings. The van der Waals surface area contributed by atoms with Crippen molar-refractivity contribution in [2.24, 2.45) is 0 Å². The third-order valence-electron chi connectivity index (χ3n) is 3.45. The molecule has 1 amide bonds. The van der Waals surface area contributed by atoms with E-state index in [1.54, 1.807) is 4.90 Å². The molecule has 0 aromatic heterocycles. The van der Waals surface area contributed by atoms with Gasteiger partial charge in [-0.05, 0) is 25.8 Å². The highest BCUT2D eigenvalue weighted by Crippen LogP contribution is 2.19. The molecule has 0 bridgehead atoms. The summed E-state index contributed by atoms with van der Waals surface area (Å²) in [7, 11) is 1.85. The molecular formula is C16H26N2O. The summed E-state index contributed by atoms with van der Waals surface area (Å²) in [6, 6.07) is 10.4. The van der Waals surface area contributed by atoms with E-state index < -0.39 is 0 Å². The van der Waals surface area contributed by atoms with Gasteiger partial charge in [0.05, 0.1) is 6.04 Å². The zero-order valence-corrected chi connectivity index (χ0v) is 12.5. The van der Waals surface area contributed by atoms with Crippen molar-refractivity contribution >= 4 is 5.91 Å². The van der Waals surface area contributed by atoms with Gasteiger partial charge in [0.2, 0.25) is 5.91 Å². The quantitative estimate of drug-likeness (QED) is 0.819. The Balaban J connectivity index is 2.71. The molecule has 106 valence electrons. The van der Waals surface area contributed by atoms with Gasteiger partial charge in [0, 0.05) is 19.6 Å². The van der Waals surface area contributed by atoms with Crippen molar-refractivity contribution < 1.29 is 4.79 Å². The molecule has 3 heteroatoms. The number of hydrogen-bond acceptors (Lipinski definition) is 2. The van der Waals surface area contributed by atoms with Crippen LogP contribution in [0.4, 0.5) is 0 Å². The van der Waals surface area contributed by atoms with E-state index >= 15 is 0 Å². The maximum Gasteiger partial charge on any atom is 0.239 e. The van der Waals surface area contributed by atoms with Gasteiger partial charge in [0.15, 0.2) is 0 Å². The molecule has 0 radical (unpaired) electrons. The van der Waals surface area contributed by atoms with E-state index in [1.165, 1.54) is 5.56 Å². The van der Waals surface area contributed by atoms with Gasteiger partial charge < -0.3 is 4.90 Å². The summed E-state index contributed by atoms with van der Waals surface area (Å²) in [6.45, 7) is 6.85. The molecule has 2 atom stereocenters. The maximum atomic E-state index is 12.1. The van der Waals surface area contributed by atoms with E-state index in [1.807, 2.05) is 39.1 Å². The lowest BCUT2D eigenvalue weighted by Gasteiger charge is -2.26. The topological polar surface area (TPSA) is 32.3 Å². The summed E-state index contributed by atoms with van der Waals surface area (Å²) in [5.41, 5.74) is 1.25. The Labute approximate surface area is 117 Å². The van der Waals surface area contributed by atoms with Gasteiger partial charge in [-0.15, -0.1) is 0 Å². The highest BCUT2D eigenvalue weighted by molar-refractivity contribution is 5.81. The lowest BCUT2D eigenvalue weighted by atomic mass is 10.0. The monoisotopic (exact) mass is 262 g/mol. The van der Waals surface area contributed by atoms with E-state index in [-0.39, 0.29) is 18.0 Å². The van der Waals surface area contributed by atoms with E-state index in [0.717, 1.165) is 19.4 Å². The third-order valence-corrected chi connectivity index (χ3v) is 3.45. The Bertz CT molecular complexity index is 378. The number of nitrogens with one attached hydrogen (secondary N) is 1. The summed E-state index contributed by atoms with van der Waals surface area (Å²) in [4.78, 5) is 13.9. The largest absolute Gasteiger partial charge is 0.345 e. The van der Waals surface area contributed by atoms with Crippen molar-refractivity contribution in [1.29, 1.82) is 0 Å². The standard InChI is InChI=1S/C16H26N2O/c1-5-10-15(14-11-8-7-9-12-14)17-13(3)16(19)18(4)6-2/h7-9,11-13,15,17H,5-6,10H2,1-4H3. The van der Waals surface area contributed by atoms with Crippen LogP contribution in [-0.4, -0.2) is 30.4 Å². The Morgan fingerprint density at radius 1 is 1.26 bits per heavy atom. The van der Waals surface area contributed by atoms with Crippen molar-refractivity contribution in [2.45, 2.75) is 45.7 Å². The summed E-state index contributed by atoms with van der Waals surface area (Å²) in [5, 5.41) is 3.46. The van der Waals surface area contributed by atoms with Crippen LogP contribution in [0.2, 0.25) is 0 Å². The Kier molecular flexibility index (Phi) is 6.57. The van der Waals surface area contributed by atoms with Crippen molar-refractivity contribution in [3.8, 4) is 0 Å². The molecule has 1 aromatic rings. The molecule has 0 saturated carbocycles.